The van der Waals surface area contributed by atoms with E-state index in [9.17, 15) is 27.6 Å². The number of carbonyl (C=O) groups excluding carboxylic acids is 4. The molecule has 3 fully saturated rings. The molecule has 5 aliphatic rings. The van der Waals surface area contributed by atoms with E-state index in [0.717, 1.165) is 12.5 Å². The van der Waals surface area contributed by atoms with E-state index in [-0.39, 0.29) is 50.8 Å². The Morgan fingerprint density at radius 1 is 1.00 bits per heavy atom. The van der Waals surface area contributed by atoms with Crippen LogP contribution in [0.25, 0.3) is 11.0 Å². The maximum absolute atomic E-state index is 16.1. The number of amides is 3. The molecular weight excluding hydrogens is 749 g/mol. The maximum atomic E-state index is 16.1. The van der Waals surface area contributed by atoms with Gasteiger partial charge in [-0.2, -0.15) is 8.78 Å². The molecule has 0 spiro atoms. The van der Waals surface area contributed by atoms with E-state index in [4.69, 9.17) is 9.47 Å². The topological polar surface area (TPSA) is 174 Å². The highest BCUT2D eigenvalue weighted by Gasteiger charge is 2.61. The summed E-state index contributed by atoms with van der Waals surface area (Å²) in [4.78, 5) is 66.1. The summed E-state index contributed by atoms with van der Waals surface area (Å²) in [6, 6.07) is 4.25. The summed E-state index contributed by atoms with van der Waals surface area (Å²) >= 11 is 0. The first kappa shape index (κ1) is 39.8. The van der Waals surface area contributed by atoms with Crippen molar-refractivity contribution >= 4 is 44.7 Å². The number of rotatable bonds is 3. The molecule has 7 rings (SSSR count). The molecule has 1 saturated heterocycles. The lowest BCUT2D eigenvalue weighted by Crippen LogP contribution is -2.52. The first-order valence-corrected chi connectivity index (χ1v) is 21.1. The number of Topliss-reactive ketones (excluding diaryl/α,β-unsaturated/α-hetero) is 1. The number of hydrogen-bond donors (Lipinski definition) is 2. The number of aromatic nitrogens is 2. The zero-order valence-electron chi connectivity index (χ0n) is 31.7. The average molecular weight is 798 g/mol. The number of benzene rings is 1. The van der Waals surface area contributed by atoms with Crippen LogP contribution in [0.3, 0.4) is 0 Å². The number of para-hydroxylation sites is 2. The fourth-order valence-corrected chi connectivity index (χ4v) is 9.32. The van der Waals surface area contributed by atoms with Crippen molar-refractivity contribution < 1.29 is 45.9 Å². The van der Waals surface area contributed by atoms with Gasteiger partial charge in [-0.05, 0) is 80.9 Å². The van der Waals surface area contributed by atoms with Crippen molar-refractivity contribution in [3.63, 3.8) is 0 Å². The number of ether oxygens (including phenoxy) is 2. The molecule has 3 aliphatic heterocycles. The average Bonchev–Trinajstić information content (AvgIpc) is 4.07. The van der Waals surface area contributed by atoms with Gasteiger partial charge in [-0.3, -0.25) is 19.1 Å². The van der Waals surface area contributed by atoms with Crippen molar-refractivity contribution in [1.82, 2.24) is 24.9 Å². The molecule has 4 heterocycles. The summed E-state index contributed by atoms with van der Waals surface area (Å²) in [6.45, 7) is 3.42. The lowest BCUT2D eigenvalue weighted by molar-refractivity contribution is -0.140. The number of cyclic esters (lactones) is 1. The third kappa shape index (κ3) is 8.74. The van der Waals surface area contributed by atoms with Crippen LogP contribution >= 0.6 is 0 Å². The second-order valence-corrected chi connectivity index (χ2v) is 18.7. The fourth-order valence-electron chi connectivity index (χ4n) is 7.93. The van der Waals surface area contributed by atoms with Crippen LogP contribution in [-0.2, 0) is 35.1 Å². The van der Waals surface area contributed by atoms with Crippen LogP contribution in [0.15, 0.2) is 48.6 Å². The van der Waals surface area contributed by atoms with Gasteiger partial charge in [0, 0.05) is 12.8 Å². The van der Waals surface area contributed by atoms with E-state index in [1.54, 1.807) is 24.3 Å². The van der Waals surface area contributed by atoms with Gasteiger partial charge >= 0.3 is 12.0 Å². The molecule has 16 heteroatoms. The van der Waals surface area contributed by atoms with E-state index in [2.05, 4.69) is 20.0 Å². The molecule has 0 radical (unpaired) electrons. The third-order valence-electron chi connectivity index (χ3n) is 11.6. The van der Waals surface area contributed by atoms with Gasteiger partial charge in [-0.25, -0.2) is 23.2 Å². The highest BCUT2D eigenvalue weighted by atomic mass is 32.2. The van der Waals surface area contributed by atoms with Crippen molar-refractivity contribution in [2.24, 2.45) is 16.7 Å². The molecule has 56 heavy (non-hydrogen) atoms. The van der Waals surface area contributed by atoms with E-state index in [1.165, 1.54) is 11.0 Å². The molecule has 3 bridgehead atoms. The number of halogens is 2. The van der Waals surface area contributed by atoms with Crippen LogP contribution in [0.4, 0.5) is 13.6 Å². The molecule has 2 N–H and O–H groups in total. The number of nitrogens with one attached hydrogen (secondary N) is 2. The highest BCUT2D eigenvalue weighted by Crippen LogP contribution is 2.57. The minimum Gasteiger partial charge on any atom is -0.471 e. The molecule has 0 unspecified atom stereocenters. The third-order valence-corrected chi connectivity index (χ3v) is 13.4. The SMILES string of the molecule is CC1(C)CC/C=C/C(F)(F)c2nc3ccccc3nc2O[C@@H]2C[C@H]3C(=O)C[C@]4(C(=O)NS(=O)(=O)C5CC5)C[C@H]4/C=C\CCCCC[C@H](NC(=O)OC1)C(=O)N3C2. The van der Waals surface area contributed by atoms with Crippen LogP contribution in [0.5, 0.6) is 5.88 Å². The van der Waals surface area contributed by atoms with E-state index >= 15 is 8.78 Å². The highest BCUT2D eigenvalue weighted by molar-refractivity contribution is 7.90. The molecule has 1 aromatic heterocycles. The van der Waals surface area contributed by atoms with Gasteiger partial charge in [0.25, 0.3) is 0 Å². The zero-order valence-corrected chi connectivity index (χ0v) is 32.5. The number of sulfonamides is 1. The summed E-state index contributed by atoms with van der Waals surface area (Å²) in [5, 5.41) is 2.08. The molecule has 2 aliphatic carbocycles. The zero-order chi connectivity index (χ0) is 39.9. The predicted molar refractivity (Wildman–Crippen MR) is 201 cm³/mol. The largest absolute Gasteiger partial charge is 0.471 e. The van der Waals surface area contributed by atoms with Crippen LogP contribution in [0, 0.1) is 16.7 Å². The fraction of sp³-hybridized carbons (Fsp3) is 0.600. The quantitative estimate of drug-likeness (QED) is 0.371. The van der Waals surface area contributed by atoms with E-state index in [0.29, 0.717) is 44.0 Å². The molecule has 302 valence electrons. The Kier molecular flexibility index (Phi) is 11.0. The minimum absolute atomic E-state index is 0.0425. The number of ketones is 1. The van der Waals surface area contributed by atoms with Gasteiger partial charge in [0.15, 0.2) is 11.5 Å². The Bertz CT molecular complexity index is 2050. The molecule has 2 saturated carbocycles. The van der Waals surface area contributed by atoms with Crippen LogP contribution in [-0.4, -0.2) is 83.6 Å². The Morgan fingerprint density at radius 2 is 1.75 bits per heavy atom. The number of carbonyl (C=O) groups is 4. The summed E-state index contributed by atoms with van der Waals surface area (Å²) in [5.74, 6) is -6.31. The van der Waals surface area contributed by atoms with Gasteiger partial charge in [0.05, 0.1) is 40.9 Å². The van der Waals surface area contributed by atoms with Gasteiger partial charge in [-0.15, -0.1) is 0 Å². The molecule has 3 amide bonds. The van der Waals surface area contributed by atoms with Crippen molar-refractivity contribution in [2.75, 3.05) is 13.2 Å². The molecule has 1 aromatic carbocycles. The van der Waals surface area contributed by atoms with Crippen LogP contribution in [0.1, 0.15) is 96.6 Å². The molecule has 13 nitrogen and oxygen atoms in total. The predicted octanol–water partition coefficient (Wildman–Crippen LogP) is 5.64. The second kappa shape index (κ2) is 15.5. The van der Waals surface area contributed by atoms with E-state index < -0.39 is 91.4 Å². The first-order chi connectivity index (χ1) is 26.6. The van der Waals surface area contributed by atoms with Crippen molar-refractivity contribution in [1.29, 1.82) is 0 Å². The number of alkyl carbamates (subject to hydrolysis) is 1. The summed E-state index contributed by atoms with van der Waals surface area (Å²) in [6.07, 6.45) is 8.32. The smallest absolute Gasteiger partial charge is 0.407 e. The Balaban J connectivity index is 1.26. The monoisotopic (exact) mass is 797 g/mol. The van der Waals surface area contributed by atoms with Crippen molar-refractivity contribution in [2.45, 2.75) is 120 Å². The molecular formula is C40H49F2N5O8S. The lowest BCUT2D eigenvalue weighted by Gasteiger charge is -2.30. The van der Waals surface area contributed by atoms with Crippen LogP contribution < -0.4 is 14.8 Å². The van der Waals surface area contributed by atoms with E-state index in [1.807, 2.05) is 26.0 Å². The van der Waals surface area contributed by atoms with Gasteiger partial charge in [0.2, 0.25) is 27.7 Å². The Morgan fingerprint density at radius 3 is 2.50 bits per heavy atom. The van der Waals surface area contributed by atoms with Crippen molar-refractivity contribution in [3.8, 4) is 5.88 Å². The number of nitrogens with zero attached hydrogens (tertiary/aromatic N) is 3. The number of alkyl halides is 2. The Hall–Kier alpha value is -4.47. The van der Waals surface area contributed by atoms with Gasteiger partial charge in [-0.1, -0.05) is 57.0 Å². The summed E-state index contributed by atoms with van der Waals surface area (Å²) < 4.78 is 71.9. The normalized spacial score (nSPS) is 31.1. The number of fused-ring (bicyclic) bond motifs is 5. The standard InChI is InChI=1S/C40H49F2N5O8S/c1-38(2)18-10-11-19-40(41,42)33-34(44-29-14-9-8-13-28(29)43-33)55-26-20-31-32(48)22-39(36(50)46-56(52,53)27-16-17-27)21-25(39)12-6-4-3-5-7-15-30(35(49)47(31)23-26)45-37(51)54-24-38/h6,8-9,11-14,19,25-27,30-31H,3-5,7,10,15-18,20-24H2,1-2H3,(H,45,51)(H,46,50)/b12-6-,19-11+/t25-,26-,30+,31+,39-/m1/s1. The molecule has 5 atom stereocenters. The molecule has 2 aromatic rings. The van der Waals surface area contributed by atoms with Crippen LogP contribution in [0.2, 0.25) is 0 Å². The number of allylic oxidation sites excluding steroid dienone is 4. The summed E-state index contributed by atoms with van der Waals surface area (Å²) in [5.41, 5.74) is -2.14. The van der Waals surface area contributed by atoms with Crippen molar-refractivity contribution in [3.05, 3.63) is 54.3 Å². The number of hydrogen-bond acceptors (Lipinski definition) is 10. The van der Waals surface area contributed by atoms with Gasteiger partial charge < -0.3 is 19.7 Å². The maximum Gasteiger partial charge on any atom is 0.407 e. The minimum atomic E-state index is -3.92. The summed E-state index contributed by atoms with van der Waals surface area (Å²) in [7, 11) is -3.92. The van der Waals surface area contributed by atoms with Gasteiger partial charge in [0.1, 0.15) is 12.1 Å². The Labute approximate surface area is 325 Å². The second-order valence-electron chi connectivity index (χ2n) is 16.7. The lowest BCUT2D eigenvalue weighted by atomic mass is 9.89. The first-order valence-electron chi connectivity index (χ1n) is 19.6.